The van der Waals surface area contributed by atoms with Gasteiger partial charge in [0.25, 0.3) is 0 Å². The van der Waals surface area contributed by atoms with Crippen LogP contribution in [0, 0.1) is 12.7 Å². The van der Waals surface area contributed by atoms with Crippen molar-refractivity contribution in [2.45, 2.75) is 13.1 Å². The molecule has 1 aromatic heterocycles. The molecule has 0 saturated carbocycles. The lowest BCUT2D eigenvalue weighted by atomic mass is 10.1. The molecule has 0 amide bonds. The average molecular weight is 223 g/mol. The molecule has 0 radical (unpaired) electrons. The molecule has 0 spiro atoms. The van der Waals surface area contributed by atoms with Crippen LogP contribution >= 0.6 is 0 Å². The number of halogens is 4. The number of rotatable bonds is 1. The number of alkyl halides is 3. The van der Waals surface area contributed by atoms with Crippen LogP contribution in [-0.2, 0) is 6.18 Å². The van der Waals surface area contributed by atoms with Crippen molar-refractivity contribution in [2.75, 3.05) is 0 Å². The van der Waals surface area contributed by atoms with Crippen molar-refractivity contribution < 1.29 is 27.5 Å². The molecular weight excluding hydrogens is 218 g/mol. The highest BCUT2D eigenvalue weighted by Crippen LogP contribution is 2.31. The maximum Gasteiger partial charge on any atom is 0.433 e. The van der Waals surface area contributed by atoms with E-state index < -0.39 is 34.8 Å². The Hall–Kier alpha value is -1.66. The zero-order chi connectivity index (χ0) is 11.8. The van der Waals surface area contributed by atoms with E-state index in [1.807, 2.05) is 0 Å². The van der Waals surface area contributed by atoms with Gasteiger partial charge < -0.3 is 5.11 Å². The third-order valence-electron chi connectivity index (χ3n) is 1.76. The first kappa shape index (κ1) is 11.4. The minimum atomic E-state index is -4.79. The molecule has 3 nitrogen and oxygen atoms in total. The Balaban J connectivity index is 3.49. The van der Waals surface area contributed by atoms with Crippen molar-refractivity contribution in [3.8, 4) is 0 Å². The normalized spacial score (nSPS) is 11.5. The third kappa shape index (κ3) is 2.05. The first-order valence-corrected chi connectivity index (χ1v) is 3.70. The maximum absolute atomic E-state index is 12.9. The predicted octanol–water partition coefficient (Wildman–Crippen LogP) is 2.25. The quantitative estimate of drug-likeness (QED) is 0.743. The third-order valence-corrected chi connectivity index (χ3v) is 1.76. The van der Waals surface area contributed by atoms with Crippen LogP contribution in [-0.4, -0.2) is 16.1 Å². The summed E-state index contributed by atoms with van der Waals surface area (Å²) < 4.78 is 49.6. The van der Waals surface area contributed by atoms with Gasteiger partial charge in [0, 0.05) is 0 Å². The zero-order valence-corrected chi connectivity index (χ0v) is 7.39. The Bertz CT molecular complexity index is 414. The van der Waals surface area contributed by atoms with E-state index in [9.17, 15) is 22.4 Å². The first-order chi connectivity index (χ1) is 6.75. The van der Waals surface area contributed by atoms with Gasteiger partial charge in [0.2, 0.25) is 0 Å². The summed E-state index contributed by atoms with van der Waals surface area (Å²) in [5.74, 6) is -3.04. The second kappa shape index (κ2) is 3.48. The highest BCUT2D eigenvalue weighted by molar-refractivity contribution is 5.89. The highest BCUT2D eigenvalue weighted by Gasteiger charge is 2.36. The van der Waals surface area contributed by atoms with Crippen LogP contribution < -0.4 is 0 Å². The van der Waals surface area contributed by atoms with Crippen LogP contribution in [0.4, 0.5) is 17.6 Å². The number of pyridine rings is 1. The summed E-state index contributed by atoms with van der Waals surface area (Å²) in [6.07, 6.45) is -4.54. The largest absolute Gasteiger partial charge is 0.478 e. The highest BCUT2D eigenvalue weighted by atomic mass is 19.4. The molecule has 1 N–H and O–H groups in total. The van der Waals surface area contributed by atoms with Crippen LogP contribution in [0.1, 0.15) is 21.6 Å². The van der Waals surface area contributed by atoms with Gasteiger partial charge in [-0.2, -0.15) is 13.2 Å². The Morgan fingerprint density at radius 3 is 2.40 bits per heavy atom. The van der Waals surface area contributed by atoms with E-state index in [-0.39, 0.29) is 6.20 Å². The maximum atomic E-state index is 12.9. The molecule has 0 aromatic carbocycles. The second-order valence-corrected chi connectivity index (χ2v) is 2.76. The topological polar surface area (TPSA) is 50.2 Å². The van der Waals surface area contributed by atoms with Crippen LogP contribution in [0.3, 0.4) is 0 Å². The van der Waals surface area contributed by atoms with Crippen molar-refractivity contribution in [2.24, 2.45) is 0 Å². The molecule has 15 heavy (non-hydrogen) atoms. The number of hydrogen-bond donors (Lipinski definition) is 1. The van der Waals surface area contributed by atoms with E-state index in [1.165, 1.54) is 0 Å². The SMILES string of the molecule is Cc1c(C(F)(F)F)ncc(F)c1C(=O)O. The van der Waals surface area contributed by atoms with Gasteiger partial charge in [0.1, 0.15) is 11.3 Å². The Morgan fingerprint density at radius 1 is 1.47 bits per heavy atom. The molecule has 0 unspecified atom stereocenters. The van der Waals surface area contributed by atoms with E-state index in [0.717, 1.165) is 6.92 Å². The Morgan fingerprint density at radius 2 is 2.00 bits per heavy atom. The lowest BCUT2D eigenvalue weighted by Crippen LogP contribution is -2.15. The molecule has 0 aliphatic heterocycles. The van der Waals surface area contributed by atoms with Gasteiger partial charge in [-0.3, -0.25) is 0 Å². The minimum absolute atomic E-state index is 0.249. The summed E-state index contributed by atoms with van der Waals surface area (Å²) in [6.45, 7) is 0.863. The van der Waals surface area contributed by atoms with E-state index in [0.29, 0.717) is 0 Å². The van der Waals surface area contributed by atoms with Gasteiger partial charge >= 0.3 is 12.1 Å². The molecule has 0 saturated heterocycles. The first-order valence-electron chi connectivity index (χ1n) is 3.70. The lowest BCUT2D eigenvalue weighted by Gasteiger charge is -2.10. The number of aromatic carboxylic acids is 1. The lowest BCUT2D eigenvalue weighted by molar-refractivity contribution is -0.141. The average Bonchev–Trinajstić information content (AvgIpc) is 2.00. The van der Waals surface area contributed by atoms with Crippen LogP contribution in [0.5, 0.6) is 0 Å². The number of carboxylic acid groups (broad SMARTS) is 1. The molecular formula is C8H5F4NO2. The molecule has 0 bridgehead atoms. The van der Waals surface area contributed by atoms with Gasteiger partial charge in [-0.05, 0) is 12.5 Å². The van der Waals surface area contributed by atoms with E-state index in [4.69, 9.17) is 5.11 Å². The van der Waals surface area contributed by atoms with E-state index in [1.54, 1.807) is 0 Å². The monoisotopic (exact) mass is 223 g/mol. The summed E-state index contributed by atoms with van der Waals surface area (Å²) in [7, 11) is 0. The Kier molecular flexibility index (Phi) is 2.65. The number of carboxylic acids is 1. The number of nitrogens with zero attached hydrogens (tertiary/aromatic N) is 1. The van der Waals surface area contributed by atoms with E-state index in [2.05, 4.69) is 4.98 Å². The fourth-order valence-electron chi connectivity index (χ4n) is 1.13. The van der Waals surface area contributed by atoms with Gasteiger partial charge in [-0.15, -0.1) is 0 Å². The number of hydrogen-bond acceptors (Lipinski definition) is 2. The molecule has 1 aromatic rings. The molecule has 1 heterocycles. The smallest absolute Gasteiger partial charge is 0.433 e. The van der Waals surface area contributed by atoms with Crippen molar-refractivity contribution in [1.29, 1.82) is 0 Å². The molecule has 82 valence electrons. The van der Waals surface area contributed by atoms with Crippen molar-refractivity contribution in [3.05, 3.63) is 28.8 Å². The predicted molar refractivity (Wildman–Crippen MR) is 40.9 cm³/mol. The second-order valence-electron chi connectivity index (χ2n) is 2.76. The van der Waals surface area contributed by atoms with Crippen molar-refractivity contribution >= 4 is 5.97 Å². The summed E-state index contributed by atoms with van der Waals surface area (Å²) >= 11 is 0. The summed E-state index contributed by atoms with van der Waals surface area (Å²) in [5, 5.41) is 8.50. The standard InChI is InChI=1S/C8H5F4NO2/c1-3-5(7(14)15)4(9)2-13-6(3)8(10,11)12/h2H,1H3,(H,14,15). The Labute approximate surface area is 81.4 Å². The zero-order valence-electron chi connectivity index (χ0n) is 7.39. The summed E-state index contributed by atoms with van der Waals surface area (Å²) in [6, 6.07) is 0. The van der Waals surface area contributed by atoms with Gasteiger partial charge in [0.05, 0.1) is 6.20 Å². The molecule has 0 aliphatic rings. The minimum Gasteiger partial charge on any atom is -0.478 e. The van der Waals surface area contributed by atoms with Crippen LogP contribution in [0.15, 0.2) is 6.20 Å². The molecule has 0 fully saturated rings. The van der Waals surface area contributed by atoms with Gasteiger partial charge in [-0.1, -0.05) is 0 Å². The number of carbonyl (C=O) groups is 1. The molecule has 7 heteroatoms. The fourth-order valence-corrected chi connectivity index (χ4v) is 1.13. The van der Waals surface area contributed by atoms with Gasteiger partial charge in [0.15, 0.2) is 5.82 Å². The van der Waals surface area contributed by atoms with E-state index >= 15 is 0 Å². The summed E-state index contributed by atoms with van der Waals surface area (Å²) in [4.78, 5) is 13.3. The van der Waals surface area contributed by atoms with Crippen LogP contribution in [0.2, 0.25) is 0 Å². The van der Waals surface area contributed by atoms with Crippen LogP contribution in [0.25, 0.3) is 0 Å². The van der Waals surface area contributed by atoms with Crippen molar-refractivity contribution in [3.63, 3.8) is 0 Å². The van der Waals surface area contributed by atoms with Crippen molar-refractivity contribution in [1.82, 2.24) is 4.98 Å². The fraction of sp³-hybridized carbons (Fsp3) is 0.250. The summed E-state index contributed by atoms with van der Waals surface area (Å²) in [5.41, 5.74) is -3.12. The van der Waals surface area contributed by atoms with Gasteiger partial charge in [-0.25, -0.2) is 14.2 Å². The number of aromatic nitrogens is 1. The molecule has 1 rings (SSSR count). The molecule has 0 aliphatic carbocycles. The molecule has 0 atom stereocenters.